The minimum atomic E-state index is -3.62. The van der Waals surface area contributed by atoms with Crippen LogP contribution in [0.15, 0.2) is 41.3 Å². The summed E-state index contributed by atoms with van der Waals surface area (Å²) in [6.07, 6.45) is 1.03. The first kappa shape index (κ1) is 30.3. The van der Waals surface area contributed by atoms with Crippen LogP contribution in [0.4, 0.5) is 5.13 Å². The average Bonchev–Trinajstić information content (AvgIpc) is 3.29. The number of likely N-dealkylation sites (N-methyl/N-ethyl adjacent to an activating group) is 1. The molecule has 1 aliphatic heterocycles. The molecule has 0 saturated carbocycles. The number of aromatic nitrogens is 1. The molecule has 11 heteroatoms. The number of sulfonamides is 1. The van der Waals surface area contributed by atoms with Gasteiger partial charge in [-0.1, -0.05) is 31.3 Å². The number of benzene rings is 2. The average molecular weight is 581 g/mol. The van der Waals surface area contributed by atoms with E-state index < -0.39 is 10.0 Å². The number of nitrogens with zero attached hydrogens (tertiary/aromatic N) is 4. The summed E-state index contributed by atoms with van der Waals surface area (Å²) in [5.41, 5.74) is 2.22. The van der Waals surface area contributed by atoms with Gasteiger partial charge in [0.1, 0.15) is 11.3 Å². The molecule has 0 bridgehead atoms. The van der Waals surface area contributed by atoms with E-state index in [1.54, 1.807) is 40.6 Å². The summed E-state index contributed by atoms with van der Waals surface area (Å²) in [6, 6.07) is 10.2. The highest BCUT2D eigenvalue weighted by Gasteiger charge is 2.32. The van der Waals surface area contributed by atoms with E-state index in [9.17, 15) is 13.2 Å². The van der Waals surface area contributed by atoms with E-state index in [2.05, 4.69) is 13.8 Å². The first-order chi connectivity index (χ1) is 17.5. The molecular weight excluding hydrogens is 544 g/mol. The number of aryl methyl sites for hydroxylation is 1. The summed E-state index contributed by atoms with van der Waals surface area (Å²) in [4.78, 5) is 22.4. The second kappa shape index (κ2) is 12.3. The van der Waals surface area contributed by atoms with Gasteiger partial charge in [0.15, 0.2) is 5.13 Å². The predicted molar refractivity (Wildman–Crippen MR) is 157 cm³/mol. The zero-order valence-corrected chi connectivity index (χ0v) is 25.3. The lowest BCUT2D eigenvalue weighted by atomic mass is 9.94. The normalized spacial score (nSPS) is 18.4. The zero-order chi connectivity index (χ0) is 26.9. The summed E-state index contributed by atoms with van der Waals surface area (Å²) < 4.78 is 34.6. The number of hydrogen-bond acceptors (Lipinski definition) is 7. The van der Waals surface area contributed by atoms with Crippen LogP contribution >= 0.6 is 23.7 Å². The van der Waals surface area contributed by atoms with Crippen LogP contribution in [0.5, 0.6) is 5.75 Å². The first-order valence-electron chi connectivity index (χ1n) is 12.5. The van der Waals surface area contributed by atoms with Crippen LogP contribution in [0, 0.1) is 18.8 Å². The number of ether oxygens (including phenoxy) is 1. The van der Waals surface area contributed by atoms with Crippen LogP contribution in [0.25, 0.3) is 10.2 Å². The topological polar surface area (TPSA) is 83.0 Å². The smallest absolute Gasteiger partial charge is 0.260 e. The molecule has 0 aliphatic carbocycles. The SMILES string of the molecule is COc1ccc(C)c2sc(N(CCN(C)C)C(=O)c3ccc(S(=O)(=O)N4CC(C)CC(C)C4)cc3)nc12.Cl. The fourth-order valence-electron chi connectivity index (χ4n) is 4.84. The second-order valence-electron chi connectivity index (χ2n) is 10.3. The Bertz CT molecular complexity index is 1370. The maximum absolute atomic E-state index is 13.7. The van der Waals surface area contributed by atoms with E-state index in [0.717, 1.165) is 22.2 Å². The predicted octanol–water partition coefficient (Wildman–Crippen LogP) is 4.91. The van der Waals surface area contributed by atoms with Crippen molar-refractivity contribution in [3.8, 4) is 5.75 Å². The number of hydrogen-bond donors (Lipinski definition) is 0. The number of fused-ring (bicyclic) bond motifs is 1. The quantitative estimate of drug-likeness (QED) is 0.376. The summed E-state index contributed by atoms with van der Waals surface area (Å²) in [5, 5.41) is 0.586. The fourth-order valence-corrected chi connectivity index (χ4v) is 7.59. The highest BCUT2D eigenvalue weighted by Crippen LogP contribution is 2.37. The molecule has 1 saturated heterocycles. The van der Waals surface area contributed by atoms with Gasteiger partial charge in [0.2, 0.25) is 10.0 Å². The van der Waals surface area contributed by atoms with Crippen molar-refractivity contribution in [3.63, 3.8) is 0 Å². The number of methoxy groups -OCH3 is 1. The van der Waals surface area contributed by atoms with Crippen LogP contribution in [0.2, 0.25) is 0 Å². The number of rotatable bonds is 8. The molecule has 208 valence electrons. The lowest BCUT2D eigenvalue weighted by Gasteiger charge is -2.34. The van der Waals surface area contributed by atoms with Crippen molar-refractivity contribution in [2.24, 2.45) is 11.8 Å². The number of piperidine rings is 1. The van der Waals surface area contributed by atoms with Crippen molar-refractivity contribution < 1.29 is 17.9 Å². The van der Waals surface area contributed by atoms with Gasteiger partial charge in [0, 0.05) is 31.7 Å². The summed E-state index contributed by atoms with van der Waals surface area (Å²) in [7, 11) is 1.90. The van der Waals surface area contributed by atoms with Crippen LogP contribution in [0.3, 0.4) is 0 Å². The van der Waals surface area contributed by atoms with Gasteiger partial charge in [-0.3, -0.25) is 9.69 Å². The molecule has 8 nitrogen and oxygen atoms in total. The molecule has 2 aromatic carbocycles. The molecule has 0 spiro atoms. The Labute approximate surface area is 236 Å². The minimum Gasteiger partial charge on any atom is -0.494 e. The monoisotopic (exact) mass is 580 g/mol. The van der Waals surface area contributed by atoms with Crippen molar-refractivity contribution >= 4 is 55.0 Å². The van der Waals surface area contributed by atoms with E-state index in [1.165, 1.54) is 11.3 Å². The third kappa shape index (κ3) is 6.31. The van der Waals surface area contributed by atoms with Crippen LogP contribution in [-0.4, -0.2) is 75.9 Å². The molecule has 1 fully saturated rings. The molecule has 0 N–H and O–H groups in total. The van der Waals surface area contributed by atoms with Crippen LogP contribution in [0.1, 0.15) is 36.2 Å². The van der Waals surface area contributed by atoms with Crippen molar-refractivity contribution in [3.05, 3.63) is 47.5 Å². The maximum atomic E-state index is 13.7. The summed E-state index contributed by atoms with van der Waals surface area (Å²) >= 11 is 1.46. The summed E-state index contributed by atoms with van der Waals surface area (Å²) in [5.74, 6) is 1.09. The van der Waals surface area contributed by atoms with E-state index in [-0.39, 0.29) is 23.2 Å². The van der Waals surface area contributed by atoms with Gasteiger partial charge in [-0.2, -0.15) is 4.31 Å². The lowest BCUT2D eigenvalue weighted by molar-refractivity contribution is 0.0985. The first-order valence-corrected chi connectivity index (χ1v) is 14.8. The Morgan fingerprint density at radius 1 is 1.08 bits per heavy atom. The number of carbonyl (C=O) groups is 1. The number of anilines is 1. The highest BCUT2D eigenvalue weighted by molar-refractivity contribution is 7.89. The van der Waals surface area contributed by atoms with Gasteiger partial charge in [-0.05, 0) is 75.2 Å². The molecule has 2 atom stereocenters. The Morgan fingerprint density at radius 2 is 1.71 bits per heavy atom. The molecule has 2 heterocycles. The largest absolute Gasteiger partial charge is 0.494 e. The molecule has 1 aromatic heterocycles. The Hall–Kier alpha value is -2.24. The highest BCUT2D eigenvalue weighted by atomic mass is 35.5. The Kier molecular flexibility index (Phi) is 9.81. The third-order valence-electron chi connectivity index (χ3n) is 6.73. The van der Waals surface area contributed by atoms with E-state index in [4.69, 9.17) is 9.72 Å². The minimum absolute atomic E-state index is 0. The second-order valence-corrected chi connectivity index (χ2v) is 13.2. The molecule has 4 rings (SSSR count). The van der Waals surface area contributed by atoms with Crippen LogP contribution < -0.4 is 9.64 Å². The molecule has 0 radical (unpaired) electrons. The van der Waals surface area contributed by atoms with Crippen molar-refractivity contribution in [1.82, 2.24) is 14.2 Å². The Morgan fingerprint density at radius 3 is 2.29 bits per heavy atom. The van der Waals surface area contributed by atoms with E-state index >= 15 is 0 Å². The van der Waals surface area contributed by atoms with Gasteiger partial charge < -0.3 is 9.64 Å². The van der Waals surface area contributed by atoms with Crippen molar-refractivity contribution in [1.29, 1.82) is 0 Å². The molecule has 38 heavy (non-hydrogen) atoms. The number of halogens is 1. The zero-order valence-electron chi connectivity index (χ0n) is 22.8. The lowest BCUT2D eigenvalue weighted by Crippen LogP contribution is -2.42. The van der Waals surface area contributed by atoms with E-state index in [0.29, 0.717) is 54.5 Å². The standard InChI is InChI=1S/C27H36N4O4S2.ClH/c1-18-15-19(2)17-30(16-18)37(33,34)22-10-8-21(9-11-22)26(32)31(14-13-29(4)5)27-28-24-23(35-6)12-7-20(3)25(24)36-27;/h7-12,18-19H,13-17H2,1-6H3;1H. The number of carbonyl (C=O) groups excluding carboxylic acids is 1. The van der Waals surface area contributed by atoms with Gasteiger partial charge in [0.05, 0.1) is 16.7 Å². The van der Waals surface area contributed by atoms with Gasteiger partial charge in [-0.25, -0.2) is 13.4 Å². The van der Waals surface area contributed by atoms with Crippen LogP contribution in [-0.2, 0) is 10.0 Å². The Balaban J connectivity index is 0.00000400. The van der Waals surface area contributed by atoms with Gasteiger partial charge >= 0.3 is 0 Å². The summed E-state index contributed by atoms with van der Waals surface area (Å²) in [6.45, 7) is 8.31. The molecular formula is C27H37ClN4O4S2. The molecule has 2 unspecified atom stereocenters. The van der Waals surface area contributed by atoms with Crippen molar-refractivity contribution in [2.75, 3.05) is 52.3 Å². The molecule has 3 aromatic rings. The third-order valence-corrected chi connectivity index (χ3v) is 9.79. The van der Waals surface area contributed by atoms with Gasteiger partial charge in [0.25, 0.3) is 5.91 Å². The fraction of sp³-hybridized carbons (Fsp3) is 0.481. The van der Waals surface area contributed by atoms with E-state index in [1.807, 2.05) is 38.1 Å². The van der Waals surface area contributed by atoms with Gasteiger partial charge in [-0.15, -0.1) is 12.4 Å². The maximum Gasteiger partial charge on any atom is 0.260 e. The molecule has 1 aliphatic rings. The number of thiazole rings is 1. The number of amides is 1. The molecule has 1 amide bonds. The van der Waals surface area contributed by atoms with Crippen molar-refractivity contribution in [2.45, 2.75) is 32.1 Å².